The Morgan fingerprint density at radius 2 is 2.24 bits per heavy atom. The first-order chi connectivity index (χ1) is 7.95. The predicted molar refractivity (Wildman–Crippen MR) is 61.2 cm³/mol. The minimum atomic E-state index is -1.41. The zero-order chi connectivity index (χ0) is 13.0. The Morgan fingerprint density at radius 3 is 2.71 bits per heavy atom. The van der Waals surface area contributed by atoms with Crippen LogP contribution in [-0.4, -0.2) is 41.7 Å². The molecule has 1 unspecified atom stereocenters. The summed E-state index contributed by atoms with van der Waals surface area (Å²) >= 11 is 11.3. The Hall–Kier alpha value is -1.24. The number of ether oxygens (including phenoxy) is 1. The fourth-order valence-corrected chi connectivity index (χ4v) is 1.34. The van der Waals surface area contributed by atoms with Crippen LogP contribution in [-0.2, 0) is 9.53 Å². The number of amides is 1. The maximum Gasteiger partial charge on any atom is 0.336 e. The highest BCUT2D eigenvalue weighted by Gasteiger charge is 2.18. The standard InChI is InChI=1S/C9H10Cl2N2O4/c1-17-9(16)6(14)3-12-8(15)5-2-4(10)7(11)13-5/h2,6,13-14H,3H2,1H3,(H,12,15). The Bertz CT molecular complexity index is 413. The van der Waals surface area contributed by atoms with Crippen molar-refractivity contribution in [1.82, 2.24) is 10.3 Å². The van der Waals surface area contributed by atoms with Gasteiger partial charge >= 0.3 is 5.97 Å². The lowest BCUT2D eigenvalue weighted by Crippen LogP contribution is -2.37. The molecule has 3 N–H and O–H groups in total. The summed E-state index contributed by atoms with van der Waals surface area (Å²) in [7, 11) is 1.14. The van der Waals surface area contributed by atoms with Crippen molar-refractivity contribution in [1.29, 1.82) is 0 Å². The zero-order valence-electron chi connectivity index (χ0n) is 8.79. The third-order valence-corrected chi connectivity index (χ3v) is 2.59. The van der Waals surface area contributed by atoms with Crippen LogP contribution in [0.4, 0.5) is 0 Å². The van der Waals surface area contributed by atoms with Crippen molar-refractivity contribution >= 4 is 35.1 Å². The van der Waals surface area contributed by atoms with E-state index in [-0.39, 0.29) is 22.4 Å². The van der Waals surface area contributed by atoms with Crippen molar-refractivity contribution in [2.24, 2.45) is 0 Å². The van der Waals surface area contributed by atoms with Crippen molar-refractivity contribution in [3.05, 3.63) is 21.9 Å². The molecule has 6 nitrogen and oxygen atoms in total. The maximum absolute atomic E-state index is 11.5. The molecule has 0 aromatic carbocycles. The minimum absolute atomic E-state index is 0.136. The summed E-state index contributed by atoms with van der Waals surface area (Å²) in [6.45, 7) is -0.264. The van der Waals surface area contributed by atoms with Crippen LogP contribution in [0.5, 0.6) is 0 Å². The van der Waals surface area contributed by atoms with E-state index >= 15 is 0 Å². The monoisotopic (exact) mass is 280 g/mol. The molecule has 0 saturated heterocycles. The predicted octanol–water partition coefficient (Wildman–Crippen LogP) is 0.585. The van der Waals surface area contributed by atoms with E-state index in [0.29, 0.717) is 0 Å². The molecule has 0 aliphatic heterocycles. The molecule has 1 aromatic heterocycles. The highest BCUT2D eigenvalue weighted by molar-refractivity contribution is 6.41. The van der Waals surface area contributed by atoms with E-state index in [0.717, 1.165) is 7.11 Å². The number of aliphatic hydroxyl groups excluding tert-OH is 1. The topological polar surface area (TPSA) is 91.4 Å². The third-order valence-electron chi connectivity index (χ3n) is 1.90. The summed E-state index contributed by atoms with van der Waals surface area (Å²) in [6.07, 6.45) is -1.41. The Labute approximate surface area is 107 Å². The van der Waals surface area contributed by atoms with Gasteiger partial charge in [0.25, 0.3) is 5.91 Å². The first kappa shape index (κ1) is 13.8. The van der Waals surface area contributed by atoms with Crippen molar-refractivity contribution in [2.75, 3.05) is 13.7 Å². The van der Waals surface area contributed by atoms with Gasteiger partial charge in [0.05, 0.1) is 18.7 Å². The molecule has 0 spiro atoms. The molecule has 0 aliphatic rings. The highest BCUT2D eigenvalue weighted by atomic mass is 35.5. The number of methoxy groups -OCH3 is 1. The number of rotatable bonds is 4. The van der Waals surface area contributed by atoms with E-state index in [1.807, 2.05) is 0 Å². The van der Waals surface area contributed by atoms with Crippen LogP contribution >= 0.6 is 23.2 Å². The van der Waals surface area contributed by atoms with E-state index in [2.05, 4.69) is 15.0 Å². The molecule has 1 rings (SSSR count). The third kappa shape index (κ3) is 3.62. The van der Waals surface area contributed by atoms with Crippen LogP contribution in [0.3, 0.4) is 0 Å². The van der Waals surface area contributed by atoms with Gasteiger partial charge in [-0.25, -0.2) is 4.79 Å². The molecule has 0 saturated carbocycles. The highest BCUT2D eigenvalue weighted by Crippen LogP contribution is 2.21. The average molecular weight is 281 g/mol. The van der Waals surface area contributed by atoms with Crippen molar-refractivity contribution in [3.8, 4) is 0 Å². The van der Waals surface area contributed by atoms with Crippen LogP contribution < -0.4 is 5.32 Å². The van der Waals surface area contributed by atoms with Crippen LogP contribution in [0.2, 0.25) is 10.2 Å². The van der Waals surface area contributed by atoms with Gasteiger partial charge in [-0.15, -0.1) is 0 Å². The largest absolute Gasteiger partial charge is 0.467 e. The molecule has 8 heteroatoms. The molecule has 0 radical (unpaired) electrons. The van der Waals surface area contributed by atoms with Gasteiger partial charge in [-0.1, -0.05) is 23.2 Å². The van der Waals surface area contributed by atoms with Gasteiger partial charge in [-0.3, -0.25) is 4.79 Å². The Morgan fingerprint density at radius 1 is 1.59 bits per heavy atom. The fourth-order valence-electron chi connectivity index (χ4n) is 1.03. The number of nitrogens with one attached hydrogen (secondary N) is 2. The second kappa shape index (κ2) is 5.90. The van der Waals surface area contributed by atoms with E-state index in [4.69, 9.17) is 23.2 Å². The molecule has 1 heterocycles. The number of aliphatic hydroxyl groups is 1. The fraction of sp³-hybridized carbons (Fsp3) is 0.333. The zero-order valence-corrected chi connectivity index (χ0v) is 10.3. The lowest BCUT2D eigenvalue weighted by atomic mass is 10.3. The lowest BCUT2D eigenvalue weighted by Gasteiger charge is -2.08. The average Bonchev–Trinajstić information content (AvgIpc) is 2.65. The molecule has 0 fully saturated rings. The van der Waals surface area contributed by atoms with Gasteiger partial charge in [0.15, 0.2) is 6.10 Å². The second-order valence-corrected chi connectivity index (χ2v) is 3.88. The number of hydrogen-bond donors (Lipinski definition) is 3. The molecule has 94 valence electrons. The van der Waals surface area contributed by atoms with Crippen LogP contribution in [0.25, 0.3) is 0 Å². The number of carbonyl (C=O) groups excluding carboxylic acids is 2. The Kier molecular flexibility index (Phi) is 4.80. The number of esters is 1. The molecule has 1 amide bonds. The minimum Gasteiger partial charge on any atom is -0.467 e. The van der Waals surface area contributed by atoms with Gasteiger partial charge < -0.3 is 20.1 Å². The Balaban J connectivity index is 2.53. The summed E-state index contributed by atoms with van der Waals surface area (Å²) in [5.41, 5.74) is 0.136. The van der Waals surface area contributed by atoms with Crippen LogP contribution in [0.15, 0.2) is 6.07 Å². The molecule has 1 aromatic rings. The summed E-state index contributed by atoms with van der Waals surface area (Å²) in [5, 5.41) is 11.9. The van der Waals surface area contributed by atoms with E-state index in [1.54, 1.807) is 0 Å². The van der Waals surface area contributed by atoms with Crippen LogP contribution in [0, 0.1) is 0 Å². The number of aromatic nitrogens is 1. The first-order valence-corrected chi connectivity index (χ1v) is 5.29. The molecule has 0 aliphatic carbocycles. The SMILES string of the molecule is COC(=O)C(O)CNC(=O)c1cc(Cl)c(Cl)[nH]1. The second-order valence-electron chi connectivity index (χ2n) is 3.09. The normalized spacial score (nSPS) is 12.0. The van der Waals surface area contributed by atoms with E-state index in [9.17, 15) is 14.7 Å². The first-order valence-electron chi connectivity index (χ1n) is 4.53. The van der Waals surface area contributed by atoms with Gasteiger partial charge in [0.2, 0.25) is 0 Å². The quantitative estimate of drug-likeness (QED) is 0.704. The van der Waals surface area contributed by atoms with Crippen molar-refractivity contribution in [3.63, 3.8) is 0 Å². The lowest BCUT2D eigenvalue weighted by molar-refractivity contribution is -0.149. The number of carbonyl (C=O) groups is 2. The van der Waals surface area contributed by atoms with Gasteiger partial charge in [-0.05, 0) is 6.07 Å². The summed E-state index contributed by atoms with van der Waals surface area (Å²) in [6, 6.07) is 1.34. The van der Waals surface area contributed by atoms with E-state index < -0.39 is 18.0 Å². The number of aromatic amines is 1. The van der Waals surface area contributed by atoms with Crippen molar-refractivity contribution < 1.29 is 19.4 Å². The van der Waals surface area contributed by atoms with Gasteiger partial charge in [0.1, 0.15) is 10.8 Å². The summed E-state index contributed by atoms with van der Waals surface area (Å²) in [5.74, 6) is -1.37. The molecule has 17 heavy (non-hydrogen) atoms. The van der Waals surface area contributed by atoms with Gasteiger partial charge in [0, 0.05) is 0 Å². The number of H-pyrrole nitrogens is 1. The summed E-state index contributed by atoms with van der Waals surface area (Å²) < 4.78 is 4.28. The molecular weight excluding hydrogens is 271 g/mol. The molecular formula is C9H10Cl2N2O4. The number of hydrogen-bond acceptors (Lipinski definition) is 4. The van der Waals surface area contributed by atoms with Gasteiger partial charge in [-0.2, -0.15) is 0 Å². The maximum atomic E-state index is 11.5. The van der Waals surface area contributed by atoms with E-state index in [1.165, 1.54) is 6.07 Å². The van der Waals surface area contributed by atoms with Crippen molar-refractivity contribution in [2.45, 2.75) is 6.10 Å². The molecule has 0 bridgehead atoms. The number of halogens is 2. The molecule has 1 atom stereocenters. The van der Waals surface area contributed by atoms with Crippen LogP contribution in [0.1, 0.15) is 10.5 Å². The smallest absolute Gasteiger partial charge is 0.336 e. The summed E-state index contributed by atoms with van der Waals surface area (Å²) in [4.78, 5) is 24.9.